The van der Waals surface area contributed by atoms with Crippen LogP contribution in [0.2, 0.25) is 43.8 Å². The van der Waals surface area contributed by atoms with E-state index in [0.29, 0.717) is 19.2 Å². The van der Waals surface area contributed by atoms with Gasteiger partial charge in [0.25, 0.3) is 5.56 Å². The second-order valence-corrected chi connectivity index (χ2v) is 22.4. The zero-order chi connectivity index (χ0) is 24.0. The maximum Gasteiger partial charge on any atom is 0.295 e. The zero-order valence-electron chi connectivity index (χ0n) is 21.9. The number of ether oxygens (including phenoxy) is 1. The van der Waals surface area contributed by atoms with Gasteiger partial charge in [-0.1, -0.05) is 40.4 Å². The van der Waals surface area contributed by atoms with Crippen LogP contribution < -0.4 is 10.5 Å². The Morgan fingerprint density at radius 1 is 1.03 bits per heavy atom. The highest BCUT2D eigenvalue weighted by molar-refractivity contribution is 6.76. The van der Waals surface area contributed by atoms with Gasteiger partial charge in [0, 0.05) is 40.6 Å². The lowest BCUT2D eigenvalue weighted by atomic mass is 10.1. The summed E-state index contributed by atoms with van der Waals surface area (Å²) in [7, 11) is -2.89. The molecule has 0 atom stereocenters. The normalized spacial score (nSPS) is 15.9. The van der Waals surface area contributed by atoms with E-state index in [2.05, 4.69) is 58.4 Å². The Morgan fingerprint density at radius 2 is 1.69 bits per heavy atom. The van der Waals surface area contributed by atoms with Crippen molar-refractivity contribution in [1.82, 2.24) is 9.55 Å². The smallest absolute Gasteiger partial charge is 0.295 e. The maximum atomic E-state index is 13.2. The third-order valence-corrected chi connectivity index (χ3v) is 13.0. The molecule has 1 saturated heterocycles. The van der Waals surface area contributed by atoms with Gasteiger partial charge in [0.2, 0.25) is 0 Å². The number of hydrogen-bond acceptors (Lipinski definition) is 5. The Labute approximate surface area is 197 Å². The van der Waals surface area contributed by atoms with Crippen LogP contribution >= 0.6 is 0 Å². The van der Waals surface area contributed by atoms with Crippen molar-refractivity contribution >= 4 is 22.2 Å². The van der Waals surface area contributed by atoms with E-state index >= 15 is 0 Å². The molecule has 0 spiro atoms. The highest BCUT2D eigenvalue weighted by Crippen LogP contribution is 2.36. The van der Waals surface area contributed by atoms with Crippen molar-refractivity contribution in [2.75, 3.05) is 31.2 Å². The minimum atomic E-state index is -1.74. The van der Waals surface area contributed by atoms with Crippen LogP contribution in [0.5, 0.6) is 0 Å². The molecule has 1 fully saturated rings. The van der Waals surface area contributed by atoms with E-state index in [0.717, 1.165) is 57.1 Å². The van der Waals surface area contributed by atoms with Crippen LogP contribution in [0, 0.1) is 0 Å². The Morgan fingerprint density at radius 3 is 2.28 bits per heavy atom. The van der Waals surface area contributed by atoms with Gasteiger partial charge in [0.1, 0.15) is 6.73 Å². The van der Waals surface area contributed by atoms with Crippen molar-refractivity contribution in [3.05, 3.63) is 22.2 Å². The van der Waals surface area contributed by atoms with Crippen LogP contribution in [0.4, 0.5) is 5.82 Å². The first-order valence-corrected chi connectivity index (χ1v) is 19.0. The predicted octanol–water partition coefficient (Wildman–Crippen LogP) is 5.50. The molecule has 0 aromatic carbocycles. The summed E-state index contributed by atoms with van der Waals surface area (Å²) >= 11 is 0. The summed E-state index contributed by atoms with van der Waals surface area (Å²) in [5.74, 6) is 0.598. The molecule has 6 nitrogen and oxygen atoms in total. The Balaban J connectivity index is 2.08. The van der Waals surface area contributed by atoms with E-state index in [4.69, 9.17) is 14.1 Å². The molecule has 2 rings (SSSR count). The third kappa shape index (κ3) is 8.43. The molecule has 32 heavy (non-hydrogen) atoms. The molecule has 0 radical (unpaired) electrons. The van der Waals surface area contributed by atoms with Crippen LogP contribution in [0.3, 0.4) is 0 Å². The van der Waals surface area contributed by atoms with Crippen LogP contribution in [-0.2, 0) is 22.3 Å². The maximum absolute atomic E-state index is 13.2. The van der Waals surface area contributed by atoms with E-state index in [1.54, 1.807) is 4.57 Å². The van der Waals surface area contributed by atoms with E-state index < -0.39 is 16.4 Å². The fourth-order valence-electron chi connectivity index (χ4n) is 3.45. The lowest BCUT2D eigenvalue weighted by molar-refractivity contribution is 0.0844. The Hall–Kier alpha value is -0.966. The number of aromatic nitrogens is 2. The average molecular weight is 482 g/mol. The molecule has 0 bridgehead atoms. The van der Waals surface area contributed by atoms with Gasteiger partial charge in [-0.2, -0.15) is 0 Å². The highest BCUT2D eigenvalue weighted by atomic mass is 28.4. The van der Waals surface area contributed by atoms with Crippen LogP contribution in [0.1, 0.15) is 52.1 Å². The van der Waals surface area contributed by atoms with Crippen LogP contribution in [0.15, 0.2) is 11.0 Å². The lowest BCUT2D eigenvalue weighted by Gasteiger charge is -2.36. The van der Waals surface area contributed by atoms with Crippen LogP contribution in [-0.4, -0.2) is 52.2 Å². The molecule has 0 amide bonds. The van der Waals surface area contributed by atoms with E-state index in [-0.39, 0.29) is 10.6 Å². The van der Waals surface area contributed by atoms with E-state index in [1.165, 1.54) is 6.42 Å². The van der Waals surface area contributed by atoms with Crippen molar-refractivity contribution in [1.29, 1.82) is 0 Å². The number of rotatable bonds is 11. The summed E-state index contributed by atoms with van der Waals surface area (Å²) in [4.78, 5) is 20.1. The van der Waals surface area contributed by atoms with Gasteiger partial charge >= 0.3 is 0 Å². The molecule has 1 aliphatic rings. The summed E-state index contributed by atoms with van der Waals surface area (Å²) in [6.45, 7) is 22.0. The number of nitrogens with zero attached hydrogens (tertiary/aromatic N) is 3. The third-order valence-electron chi connectivity index (χ3n) is 6.74. The van der Waals surface area contributed by atoms with E-state index in [9.17, 15) is 4.79 Å². The SMILES string of the molecule is CC(C)(C)[Si](C)(C)OCCCc1cn(COCC[Si](C)(C)C)c(=O)c(N2CCCCC2)n1. The quantitative estimate of drug-likeness (QED) is 0.308. The van der Waals surface area contributed by atoms with Crippen molar-refractivity contribution in [2.45, 2.75) is 103 Å². The van der Waals surface area contributed by atoms with Crippen molar-refractivity contribution < 1.29 is 9.16 Å². The zero-order valence-corrected chi connectivity index (χ0v) is 23.9. The molecule has 0 N–H and O–H groups in total. The largest absolute Gasteiger partial charge is 0.417 e. The van der Waals surface area contributed by atoms with Gasteiger partial charge in [-0.25, -0.2) is 4.98 Å². The molecule has 1 aliphatic heterocycles. The summed E-state index contributed by atoms with van der Waals surface area (Å²) in [5.41, 5.74) is 0.930. The fraction of sp³-hybridized carbons (Fsp3) is 0.833. The van der Waals surface area contributed by atoms with Crippen molar-refractivity contribution in [3.63, 3.8) is 0 Å². The molecular formula is C24H47N3O3Si2. The monoisotopic (exact) mass is 481 g/mol. The molecular weight excluding hydrogens is 434 g/mol. The highest BCUT2D eigenvalue weighted by Gasteiger charge is 2.36. The summed E-state index contributed by atoms with van der Waals surface area (Å²) in [6, 6.07) is 1.10. The van der Waals surface area contributed by atoms with Gasteiger partial charge in [0.05, 0.1) is 5.69 Å². The number of aryl methyl sites for hydroxylation is 1. The van der Waals surface area contributed by atoms with Gasteiger partial charge < -0.3 is 14.1 Å². The predicted molar refractivity (Wildman–Crippen MR) is 140 cm³/mol. The second-order valence-electron chi connectivity index (χ2n) is 11.9. The minimum Gasteiger partial charge on any atom is -0.417 e. The first-order chi connectivity index (χ1) is 14.8. The van der Waals surface area contributed by atoms with Gasteiger partial charge in [-0.05, 0) is 56.3 Å². The van der Waals surface area contributed by atoms with E-state index in [1.807, 2.05) is 6.20 Å². The Bertz CT molecular complexity index is 776. The topological polar surface area (TPSA) is 56.6 Å². The van der Waals surface area contributed by atoms with Crippen LogP contribution in [0.25, 0.3) is 0 Å². The fourth-order valence-corrected chi connectivity index (χ4v) is 5.29. The summed E-state index contributed by atoms with van der Waals surface area (Å²) in [6.07, 6.45) is 7.10. The second kappa shape index (κ2) is 11.4. The molecule has 0 saturated carbocycles. The summed E-state index contributed by atoms with van der Waals surface area (Å²) in [5, 5.41) is 0.215. The lowest BCUT2D eigenvalue weighted by Crippen LogP contribution is -2.41. The van der Waals surface area contributed by atoms with Gasteiger partial charge in [-0.15, -0.1) is 0 Å². The van der Waals surface area contributed by atoms with Gasteiger partial charge in [0.15, 0.2) is 14.1 Å². The molecule has 0 aliphatic carbocycles. The number of hydrogen-bond donors (Lipinski definition) is 0. The molecule has 8 heteroatoms. The average Bonchev–Trinajstić information content (AvgIpc) is 2.69. The molecule has 1 aromatic rings. The molecule has 1 aromatic heterocycles. The summed E-state index contributed by atoms with van der Waals surface area (Å²) < 4.78 is 14.0. The standard InChI is InChI=1S/C24H47N3O3Si2/c1-24(2,3)32(7,8)30-16-12-13-21-19-27(20-29-17-18-31(4,5)6)23(28)22(25-21)26-14-10-9-11-15-26/h19H,9-18,20H2,1-8H3. The molecule has 184 valence electrons. The van der Waals surface area contributed by atoms with Crippen molar-refractivity contribution in [3.8, 4) is 0 Å². The first-order valence-electron chi connectivity index (χ1n) is 12.4. The van der Waals surface area contributed by atoms with Crippen molar-refractivity contribution in [2.24, 2.45) is 0 Å². The number of piperidine rings is 1. The number of anilines is 1. The van der Waals surface area contributed by atoms with Gasteiger partial charge in [-0.3, -0.25) is 9.36 Å². The molecule has 2 heterocycles. The first kappa shape index (κ1) is 27.3. The Kier molecular flexibility index (Phi) is 9.76. The molecule has 0 unspecified atom stereocenters. The minimum absolute atomic E-state index is 0.0267.